The first-order chi connectivity index (χ1) is 9.88. The summed E-state index contributed by atoms with van der Waals surface area (Å²) in [6, 6.07) is 4.78. The first-order valence-corrected chi connectivity index (χ1v) is 7.14. The molecule has 0 aliphatic carbocycles. The molecule has 0 fully saturated rings. The largest absolute Gasteiger partial charge is 0.328 e. The molecule has 2 aromatic carbocycles. The monoisotopic (exact) mass is 372 g/mol. The second-order valence-corrected chi connectivity index (χ2v) is 5.84. The standard InChI is InChI=1S/C14H8BrF3N2S/c1-6-2-8(15)9(17)5-11(6)20-12-4-7(16)3-10(18)13(12)19-14(20)21/h2-5H,1H3,(H,19,21). The lowest BCUT2D eigenvalue weighted by molar-refractivity contribution is 0.590. The van der Waals surface area contributed by atoms with Gasteiger partial charge in [0.25, 0.3) is 0 Å². The van der Waals surface area contributed by atoms with Crippen molar-refractivity contribution in [3.8, 4) is 5.69 Å². The summed E-state index contributed by atoms with van der Waals surface area (Å²) >= 11 is 8.25. The average molecular weight is 373 g/mol. The number of hydrogen-bond donors (Lipinski definition) is 1. The highest BCUT2D eigenvalue weighted by atomic mass is 79.9. The van der Waals surface area contributed by atoms with Gasteiger partial charge in [-0.1, -0.05) is 0 Å². The fourth-order valence-corrected chi connectivity index (χ4v) is 3.00. The number of nitrogens with one attached hydrogen (secondary N) is 1. The number of aromatic nitrogens is 2. The summed E-state index contributed by atoms with van der Waals surface area (Å²) in [5.74, 6) is -1.95. The Morgan fingerprint density at radius 2 is 1.81 bits per heavy atom. The Morgan fingerprint density at radius 1 is 1.10 bits per heavy atom. The fourth-order valence-electron chi connectivity index (χ4n) is 2.25. The summed E-state index contributed by atoms with van der Waals surface area (Å²) in [5, 5.41) is 0. The van der Waals surface area contributed by atoms with Crippen molar-refractivity contribution < 1.29 is 13.2 Å². The number of imidazole rings is 1. The maximum Gasteiger partial charge on any atom is 0.182 e. The Morgan fingerprint density at radius 3 is 2.52 bits per heavy atom. The number of halogens is 4. The van der Waals surface area contributed by atoms with Crippen LogP contribution in [0.4, 0.5) is 13.2 Å². The number of H-pyrrole nitrogens is 1. The van der Waals surface area contributed by atoms with E-state index >= 15 is 0 Å². The number of aromatic amines is 1. The van der Waals surface area contributed by atoms with Gasteiger partial charge in [0.15, 0.2) is 10.6 Å². The first-order valence-electron chi connectivity index (χ1n) is 5.94. The van der Waals surface area contributed by atoms with Gasteiger partial charge in [0.2, 0.25) is 0 Å². The van der Waals surface area contributed by atoms with Gasteiger partial charge in [0.1, 0.15) is 17.2 Å². The van der Waals surface area contributed by atoms with Crippen molar-refractivity contribution in [3.05, 3.63) is 56.5 Å². The molecular weight excluding hydrogens is 365 g/mol. The molecule has 0 bridgehead atoms. The molecule has 3 rings (SSSR count). The summed E-state index contributed by atoms with van der Waals surface area (Å²) in [6.07, 6.45) is 0. The highest BCUT2D eigenvalue weighted by Crippen LogP contribution is 2.28. The highest BCUT2D eigenvalue weighted by Gasteiger charge is 2.15. The normalized spacial score (nSPS) is 11.3. The van der Waals surface area contributed by atoms with Crippen molar-refractivity contribution in [1.82, 2.24) is 9.55 Å². The molecule has 108 valence electrons. The van der Waals surface area contributed by atoms with E-state index in [-0.39, 0.29) is 15.8 Å². The zero-order valence-electron chi connectivity index (χ0n) is 10.7. The van der Waals surface area contributed by atoms with E-state index in [0.29, 0.717) is 15.7 Å². The average Bonchev–Trinajstić information content (AvgIpc) is 2.71. The number of nitrogens with zero attached hydrogens (tertiary/aromatic N) is 1. The molecule has 0 saturated carbocycles. The van der Waals surface area contributed by atoms with Crippen LogP contribution >= 0.6 is 28.1 Å². The van der Waals surface area contributed by atoms with Gasteiger partial charge in [0.05, 0.1) is 15.7 Å². The zero-order valence-corrected chi connectivity index (χ0v) is 13.1. The molecule has 0 amide bonds. The highest BCUT2D eigenvalue weighted by molar-refractivity contribution is 9.10. The third-order valence-corrected chi connectivity index (χ3v) is 4.08. The minimum Gasteiger partial charge on any atom is -0.328 e. The minimum atomic E-state index is -0.745. The minimum absolute atomic E-state index is 0.0872. The summed E-state index contributed by atoms with van der Waals surface area (Å²) in [7, 11) is 0. The topological polar surface area (TPSA) is 20.7 Å². The van der Waals surface area contributed by atoms with Crippen LogP contribution in [0.3, 0.4) is 0 Å². The van der Waals surface area contributed by atoms with Gasteiger partial charge in [-0.15, -0.1) is 0 Å². The second-order valence-electron chi connectivity index (χ2n) is 4.60. The van der Waals surface area contributed by atoms with Crippen LogP contribution in [0.25, 0.3) is 16.7 Å². The molecule has 0 spiro atoms. The molecular formula is C14H8BrF3N2S. The van der Waals surface area contributed by atoms with E-state index in [1.807, 2.05) is 0 Å². The quantitative estimate of drug-likeness (QED) is 0.584. The van der Waals surface area contributed by atoms with Gasteiger partial charge in [-0.2, -0.15) is 0 Å². The first kappa shape index (κ1) is 14.3. The molecule has 0 aliphatic rings. The Balaban J connectivity index is 2.43. The number of benzene rings is 2. The molecule has 0 atom stereocenters. The molecule has 0 saturated heterocycles. The van der Waals surface area contributed by atoms with Gasteiger partial charge < -0.3 is 4.98 Å². The summed E-state index contributed by atoms with van der Waals surface area (Å²) in [5.41, 5.74) is 1.45. The predicted molar refractivity (Wildman–Crippen MR) is 80.8 cm³/mol. The smallest absolute Gasteiger partial charge is 0.182 e. The summed E-state index contributed by atoms with van der Waals surface area (Å²) in [6.45, 7) is 1.76. The Kier molecular flexibility index (Phi) is 3.41. The Labute approximate surface area is 131 Å². The van der Waals surface area contributed by atoms with Crippen LogP contribution < -0.4 is 0 Å². The molecule has 2 nitrogen and oxygen atoms in total. The Bertz CT molecular complexity index is 930. The van der Waals surface area contributed by atoms with E-state index in [0.717, 1.165) is 12.1 Å². The maximum atomic E-state index is 13.8. The van der Waals surface area contributed by atoms with Crippen LogP contribution in [0.2, 0.25) is 0 Å². The van der Waals surface area contributed by atoms with E-state index in [4.69, 9.17) is 12.2 Å². The molecule has 1 N–H and O–H groups in total. The van der Waals surface area contributed by atoms with E-state index in [2.05, 4.69) is 20.9 Å². The van der Waals surface area contributed by atoms with Gasteiger partial charge >= 0.3 is 0 Å². The van der Waals surface area contributed by atoms with Crippen molar-refractivity contribution in [2.24, 2.45) is 0 Å². The van der Waals surface area contributed by atoms with Crippen molar-refractivity contribution in [3.63, 3.8) is 0 Å². The number of hydrogen-bond acceptors (Lipinski definition) is 1. The molecule has 7 heteroatoms. The summed E-state index contributed by atoms with van der Waals surface area (Å²) in [4.78, 5) is 2.68. The third kappa shape index (κ3) is 2.30. The Hall–Kier alpha value is -1.60. The number of rotatable bonds is 1. The zero-order chi connectivity index (χ0) is 15.3. The van der Waals surface area contributed by atoms with Crippen LogP contribution in [-0.2, 0) is 0 Å². The molecule has 0 aliphatic heterocycles. The van der Waals surface area contributed by atoms with Crippen molar-refractivity contribution in [1.29, 1.82) is 0 Å². The molecule has 3 aromatic rings. The fraction of sp³-hybridized carbons (Fsp3) is 0.0714. The number of aryl methyl sites for hydroxylation is 1. The molecule has 0 radical (unpaired) electrons. The lowest BCUT2D eigenvalue weighted by Gasteiger charge is -2.10. The van der Waals surface area contributed by atoms with Gasteiger partial charge in [0, 0.05) is 12.1 Å². The van der Waals surface area contributed by atoms with Crippen molar-refractivity contribution in [2.75, 3.05) is 0 Å². The van der Waals surface area contributed by atoms with Gasteiger partial charge in [-0.3, -0.25) is 4.57 Å². The van der Waals surface area contributed by atoms with Crippen molar-refractivity contribution >= 4 is 39.2 Å². The lowest BCUT2D eigenvalue weighted by Crippen LogP contribution is -1.99. The van der Waals surface area contributed by atoms with Gasteiger partial charge in [-0.05, 0) is 52.8 Å². The van der Waals surface area contributed by atoms with Crippen LogP contribution in [0, 0.1) is 29.1 Å². The van der Waals surface area contributed by atoms with Gasteiger partial charge in [-0.25, -0.2) is 13.2 Å². The molecule has 1 heterocycles. The summed E-state index contributed by atoms with van der Waals surface area (Å²) < 4.78 is 42.9. The third-order valence-electron chi connectivity index (χ3n) is 3.19. The second kappa shape index (κ2) is 4.99. The van der Waals surface area contributed by atoms with Crippen LogP contribution in [-0.4, -0.2) is 9.55 Å². The van der Waals surface area contributed by atoms with E-state index in [1.54, 1.807) is 13.0 Å². The molecule has 0 unspecified atom stereocenters. The van der Waals surface area contributed by atoms with E-state index < -0.39 is 17.5 Å². The van der Waals surface area contributed by atoms with Crippen LogP contribution in [0.15, 0.2) is 28.7 Å². The molecule has 21 heavy (non-hydrogen) atoms. The predicted octanol–water partition coefficient (Wildman–Crippen LogP) is 5.18. The lowest BCUT2D eigenvalue weighted by atomic mass is 10.2. The molecule has 1 aromatic heterocycles. The van der Waals surface area contributed by atoms with E-state index in [9.17, 15) is 13.2 Å². The van der Waals surface area contributed by atoms with E-state index in [1.165, 1.54) is 10.6 Å². The number of fused-ring (bicyclic) bond motifs is 1. The SMILES string of the molecule is Cc1cc(Br)c(F)cc1-n1c(=S)[nH]c2c(F)cc(F)cc21. The van der Waals surface area contributed by atoms with Crippen LogP contribution in [0.1, 0.15) is 5.56 Å². The van der Waals surface area contributed by atoms with Crippen LogP contribution in [0.5, 0.6) is 0 Å². The van der Waals surface area contributed by atoms with Crippen molar-refractivity contribution in [2.45, 2.75) is 6.92 Å². The maximum absolute atomic E-state index is 13.8.